The molecule has 2 aromatic rings. The van der Waals surface area contributed by atoms with Gasteiger partial charge >= 0.3 is 0 Å². The van der Waals surface area contributed by atoms with Crippen LogP contribution in [-0.4, -0.2) is 0 Å². The van der Waals surface area contributed by atoms with Crippen LogP contribution in [0, 0.1) is 0 Å². The van der Waals surface area contributed by atoms with Gasteiger partial charge in [0.2, 0.25) is 0 Å². The maximum atomic E-state index is 3.44. The second-order valence-corrected chi connectivity index (χ2v) is 5.19. The molecule has 21 heavy (non-hydrogen) atoms. The summed E-state index contributed by atoms with van der Waals surface area (Å²) >= 11 is 0. The smallest absolute Gasteiger partial charge is 0.0227 e. The Labute approximate surface area is 126 Å². The lowest BCUT2D eigenvalue weighted by atomic mass is 9.99. The van der Waals surface area contributed by atoms with Gasteiger partial charge in [-0.1, -0.05) is 72.8 Å². The quantitative estimate of drug-likeness (QED) is 0.870. The van der Waals surface area contributed by atoms with Crippen LogP contribution in [0.15, 0.2) is 96.4 Å². The van der Waals surface area contributed by atoms with Gasteiger partial charge in [-0.25, -0.2) is 0 Å². The highest BCUT2D eigenvalue weighted by Crippen LogP contribution is 2.18. The normalized spacial score (nSPS) is 13.9. The summed E-state index contributed by atoms with van der Waals surface area (Å²) < 4.78 is 0. The lowest BCUT2D eigenvalue weighted by molar-refractivity contribution is 0.932. The Morgan fingerprint density at radius 2 is 1.29 bits per heavy atom. The van der Waals surface area contributed by atoms with E-state index in [2.05, 4.69) is 78.1 Å². The molecule has 0 bridgehead atoms. The number of allylic oxidation sites excluding steroid dienone is 5. The van der Waals surface area contributed by atoms with E-state index in [0.29, 0.717) is 0 Å². The summed E-state index contributed by atoms with van der Waals surface area (Å²) in [6.07, 6.45) is 10.2. The molecule has 0 saturated heterocycles. The molecule has 1 heteroatoms. The average molecular weight is 273 g/mol. The van der Waals surface area contributed by atoms with Gasteiger partial charge in [0.25, 0.3) is 0 Å². The molecule has 0 amide bonds. The first-order chi connectivity index (χ1) is 10.4. The number of hydrogen-bond donors (Lipinski definition) is 1. The predicted octanol–water partition coefficient (Wildman–Crippen LogP) is 4.40. The zero-order valence-electron chi connectivity index (χ0n) is 12.0. The SMILES string of the molecule is C1=CNC(Cc2ccccc2)=C(Cc2ccccc2)C=C1. The molecule has 1 aliphatic rings. The van der Waals surface area contributed by atoms with Crippen LogP contribution in [-0.2, 0) is 12.8 Å². The van der Waals surface area contributed by atoms with Crippen molar-refractivity contribution in [3.05, 3.63) is 107 Å². The number of rotatable bonds is 4. The van der Waals surface area contributed by atoms with Crippen molar-refractivity contribution in [2.45, 2.75) is 12.8 Å². The van der Waals surface area contributed by atoms with E-state index in [0.717, 1.165) is 12.8 Å². The average Bonchev–Trinajstić information content (AvgIpc) is 2.75. The summed E-state index contributed by atoms with van der Waals surface area (Å²) in [4.78, 5) is 0. The van der Waals surface area contributed by atoms with Gasteiger partial charge < -0.3 is 5.32 Å². The van der Waals surface area contributed by atoms with Crippen LogP contribution in [0.2, 0.25) is 0 Å². The van der Waals surface area contributed by atoms with E-state index in [1.165, 1.54) is 22.4 Å². The zero-order valence-corrected chi connectivity index (χ0v) is 12.0. The summed E-state index contributed by atoms with van der Waals surface area (Å²) in [6, 6.07) is 21.2. The van der Waals surface area contributed by atoms with Gasteiger partial charge in [-0.15, -0.1) is 0 Å². The van der Waals surface area contributed by atoms with Crippen molar-refractivity contribution in [1.29, 1.82) is 0 Å². The molecule has 0 saturated carbocycles. The van der Waals surface area contributed by atoms with Crippen molar-refractivity contribution < 1.29 is 0 Å². The minimum absolute atomic E-state index is 0.928. The van der Waals surface area contributed by atoms with Crippen molar-refractivity contribution in [2.24, 2.45) is 0 Å². The van der Waals surface area contributed by atoms with Crippen LogP contribution in [0.1, 0.15) is 11.1 Å². The molecule has 2 aromatic carbocycles. The maximum absolute atomic E-state index is 3.44. The second-order valence-electron chi connectivity index (χ2n) is 5.19. The van der Waals surface area contributed by atoms with Crippen molar-refractivity contribution in [1.82, 2.24) is 5.32 Å². The van der Waals surface area contributed by atoms with Crippen molar-refractivity contribution >= 4 is 0 Å². The van der Waals surface area contributed by atoms with Gasteiger partial charge in [0.15, 0.2) is 0 Å². The fourth-order valence-corrected chi connectivity index (χ4v) is 2.52. The molecule has 0 aromatic heterocycles. The summed E-state index contributed by atoms with van der Waals surface area (Å²) in [6.45, 7) is 0. The summed E-state index contributed by atoms with van der Waals surface area (Å²) in [5, 5.41) is 3.44. The van der Waals surface area contributed by atoms with Crippen LogP contribution in [0.3, 0.4) is 0 Å². The Bertz CT molecular complexity index is 663. The summed E-state index contributed by atoms with van der Waals surface area (Å²) in [5.74, 6) is 0. The van der Waals surface area contributed by atoms with Crippen molar-refractivity contribution in [3.63, 3.8) is 0 Å². The largest absolute Gasteiger partial charge is 0.364 e. The third-order valence-corrected chi connectivity index (χ3v) is 3.61. The second kappa shape index (κ2) is 6.76. The monoisotopic (exact) mass is 273 g/mol. The Hall–Kier alpha value is -2.54. The maximum Gasteiger partial charge on any atom is 0.0227 e. The molecule has 1 N–H and O–H groups in total. The first-order valence-electron chi connectivity index (χ1n) is 7.31. The van der Waals surface area contributed by atoms with E-state index in [-0.39, 0.29) is 0 Å². The number of nitrogens with one attached hydrogen (secondary N) is 1. The third-order valence-electron chi connectivity index (χ3n) is 3.61. The number of hydrogen-bond acceptors (Lipinski definition) is 1. The predicted molar refractivity (Wildman–Crippen MR) is 88.7 cm³/mol. The molecule has 0 radical (unpaired) electrons. The lowest BCUT2D eigenvalue weighted by Crippen LogP contribution is -2.11. The van der Waals surface area contributed by atoms with E-state index in [9.17, 15) is 0 Å². The third kappa shape index (κ3) is 3.73. The highest BCUT2D eigenvalue weighted by Gasteiger charge is 2.07. The minimum atomic E-state index is 0.928. The standard InChI is InChI=1S/C20H19N/c1-3-9-17(10-4-1)15-19-13-7-8-14-21-20(19)16-18-11-5-2-6-12-18/h1-14,21H,15-16H2. The van der Waals surface area contributed by atoms with Crippen LogP contribution >= 0.6 is 0 Å². The van der Waals surface area contributed by atoms with E-state index < -0.39 is 0 Å². The van der Waals surface area contributed by atoms with Crippen LogP contribution in [0.25, 0.3) is 0 Å². The molecular formula is C20H19N. The first kappa shape index (κ1) is 13.4. The molecular weight excluding hydrogens is 254 g/mol. The van der Waals surface area contributed by atoms with E-state index in [1.807, 2.05) is 12.3 Å². The molecule has 104 valence electrons. The topological polar surface area (TPSA) is 12.0 Å². The van der Waals surface area contributed by atoms with Crippen molar-refractivity contribution in [2.75, 3.05) is 0 Å². The zero-order chi connectivity index (χ0) is 14.3. The highest BCUT2D eigenvalue weighted by molar-refractivity contribution is 5.38. The minimum Gasteiger partial charge on any atom is -0.364 e. The summed E-state index contributed by atoms with van der Waals surface area (Å²) in [5.41, 5.74) is 5.28. The first-order valence-corrected chi connectivity index (χ1v) is 7.31. The molecule has 0 spiro atoms. The van der Waals surface area contributed by atoms with E-state index in [1.54, 1.807) is 0 Å². The van der Waals surface area contributed by atoms with E-state index >= 15 is 0 Å². The molecule has 0 atom stereocenters. The molecule has 1 nitrogen and oxygen atoms in total. The van der Waals surface area contributed by atoms with Gasteiger partial charge in [0.1, 0.15) is 0 Å². The van der Waals surface area contributed by atoms with Crippen LogP contribution in [0.4, 0.5) is 0 Å². The molecule has 3 rings (SSSR count). The van der Waals surface area contributed by atoms with Crippen molar-refractivity contribution in [3.8, 4) is 0 Å². The fraction of sp³-hybridized carbons (Fsp3) is 0.100. The lowest BCUT2D eigenvalue weighted by Gasteiger charge is -2.13. The van der Waals surface area contributed by atoms with Gasteiger partial charge in [0, 0.05) is 18.3 Å². The van der Waals surface area contributed by atoms with E-state index in [4.69, 9.17) is 0 Å². The van der Waals surface area contributed by atoms with Gasteiger partial charge in [0.05, 0.1) is 0 Å². The number of benzene rings is 2. The van der Waals surface area contributed by atoms with Gasteiger partial charge in [-0.05, 0) is 29.2 Å². The highest BCUT2D eigenvalue weighted by atomic mass is 14.9. The Morgan fingerprint density at radius 3 is 1.95 bits per heavy atom. The van der Waals surface area contributed by atoms with Gasteiger partial charge in [-0.3, -0.25) is 0 Å². The molecule has 0 aliphatic carbocycles. The molecule has 0 fully saturated rings. The Balaban J connectivity index is 1.87. The van der Waals surface area contributed by atoms with Crippen LogP contribution in [0.5, 0.6) is 0 Å². The fourth-order valence-electron chi connectivity index (χ4n) is 2.52. The molecule has 0 unspecified atom stereocenters. The molecule has 1 heterocycles. The van der Waals surface area contributed by atoms with Gasteiger partial charge in [-0.2, -0.15) is 0 Å². The molecule has 1 aliphatic heterocycles. The Morgan fingerprint density at radius 1 is 0.667 bits per heavy atom. The van der Waals surface area contributed by atoms with Crippen LogP contribution < -0.4 is 5.32 Å². The summed E-state index contributed by atoms with van der Waals surface area (Å²) in [7, 11) is 0. The Kier molecular flexibility index (Phi) is 4.33.